The van der Waals surface area contributed by atoms with Crippen LogP contribution in [0.2, 0.25) is 5.02 Å². The maximum absolute atomic E-state index is 17.1. The molecule has 0 bridgehead atoms. The lowest BCUT2D eigenvalue weighted by atomic mass is 9.96. The molecule has 0 unspecified atom stereocenters. The third-order valence-electron chi connectivity index (χ3n) is 9.30. The van der Waals surface area contributed by atoms with Crippen LogP contribution < -0.4 is 20.1 Å². The van der Waals surface area contributed by atoms with Gasteiger partial charge in [-0.05, 0) is 58.8 Å². The number of fused-ring (bicyclic) bond motifs is 1. The molecular weight excluding hydrogens is 664 g/mol. The first kappa shape index (κ1) is 32.4. The van der Waals surface area contributed by atoms with E-state index in [1.165, 1.54) is 12.1 Å². The molecule has 48 heavy (non-hydrogen) atoms. The van der Waals surface area contributed by atoms with Gasteiger partial charge in [-0.25, -0.2) is 13.6 Å². The quantitative estimate of drug-likeness (QED) is 0.249. The van der Waals surface area contributed by atoms with Crippen LogP contribution in [0.5, 0.6) is 11.8 Å². The van der Waals surface area contributed by atoms with E-state index in [9.17, 15) is 14.4 Å². The van der Waals surface area contributed by atoms with Crippen molar-refractivity contribution in [2.24, 2.45) is 0 Å². The number of halogens is 3. The molecule has 0 saturated carbocycles. The Labute approximate surface area is 284 Å². The average molecular weight is 698 g/mol. The van der Waals surface area contributed by atoms with Gasteiger partial charge >= 0.3 is 12.1 Å². The maximum Gasteiger partial charge on any atom is 0.410 e. The largest absolute Gasteiger partial charge is 0.489 e. The number of nitrogen functional groups attached to an aromatic ring is 1. The number of carbonyl (C=O) groups excluding carboxylic acids is 1. The number of rotatable bonds is 6. The van der Waals surface area contributed by atoms with E-state index in [4.69, 9.17) is 36.5 Å². The summed E-state index contributed by atoms with van der Waals surface area (Å²) in [7, 11) is 2.04. The van der Waals surface area contributed by atoms with Crippen LogP contribution in [0.25, 0.3) is 32.1 Å². The number of carbonyl (C=O) groups is 1. The third kappa shape index (κ3) is 5.28. The summed E-state index contributed by atoms with van der Waals surface area (Å²) in [4.78, 5) is 27.8. The summed E-state index contributed by atoms with van der Waals surface area (Å²) >= 11 is 7.92. The van der Waals surface area contributed by atoms with E-state index in [0.717, 1.165) is 30.7 Å². The number of likely N-dealkylation sites (tertiary alicyclic amines) is 2. The van der Waals surface area contributed by atoms with Crippen LogP contribution in [-0.2, 0) is 4.74 Å². The summed E-state index contributed by atoms with van der Waals surface area (Å²) in [6.07, 6.45) is 1.00. The Balaban J connectivity index is 1.40. The molecule has 252 valence electrons. The van der Waals surface area contributed by atoms with Crippen molar-refractivity contribution in [3.63, 3.8) is 0 Å². The molecule has 2 aromatic heterocycles. The number of nitrogens with zero attached hydrogens (tertiary/aromatic N) is 6. The summed E-state index contributed by atoms with van der Waals surface area (Å²) in [6.45, 7) is 7.71. The van der Waals surface area contributed by atoms with Gasteiger partial charge in [0.15, 0.2) is 11.6 Å². The van der Waals surface area contributed by atoms with Crippen molar-refractivity contribution in [2.75, 3.05) is 50.5 Å². The molecule has 0 aliphatic carbocycles. The van der Waals surface area contributed by atoms with Gasteiger partial charge in [-0.2, -0.15) is 15.2 Å². The van der Waals surface area contributed by atoms with Gasteiger partial charge in [0.25, 0.3) is 0 Å². The van der Waals surface area contributed by atoms with Crippen molar-refractivity contribution in [3.05, 3.63) is 34.4 Å². The van der Waals surface area contributed by atoms with Crippen LogP contribution in [0.15, 0.2) is 12.1 Å². The molecule has 2 N–H and O–H groups in total. The minimum Gasteiger partial charge on any atom is -0.489 e. The second kappa shape index (κ2) is 12.4. The van der Waals surface area contributed by atoms with Gasteiger partial charge in [0.1, 0.15) is 40.9 Å². The summed E-state index contributed by atoms with van der Waals surface area (Å²) in [5.41, 5.74) is 6.11. The maximum atomic E-state index is 17.1. The van der Waals surface area contributed by atoms with Crippen LogP contribution >= 0.6 is 22.9 Å². The van der Waals surface area contributed by atoms with E-state index in [-0.39, 0.29) is 90.4 Å². The lowest BCUT2D eigenvalue weighted by Gasteiger charge is -2.45. The standard InChI is InChI=1S/C33H34ClF2N7O4S/c1-15(2)46-33(44)42-13-17(14-42)43-10-11-45-28-24-27(39-32(40-31(24)43)47-16(3)21-6-5-9-41(21)4)26(36)23(25(28)34)18-7-8-20(35)29-22(18)19(12-37)30(38)48-29/h7-8,15-17,21H,5-6,9-11,13-14,38H2,1-4H3/t16-,21-/m0/s1. The summed E-state index contributed by atoms with van der Waals surface area (Å²) in [6, 6.07) is 4.54. The first-order valence-electron chi connectivity index (χ1n) is 15.8. The van der Waals surface area contributed by atoms with E-state index in [0.29, 0.717) is 25.5 Å². The molecule has 11 nitrogen and oxygen atoms in total. The number of hydrogen-bond donors (Lipinski definition) is 1. The van der Waals surface area contributed by atoms with Crippen molar-refractivity contribution in [1.29, 1.82) is 5.26 Å². The van der Waals surface area contributed by atoms with Crippen molar-refractivity contribution in [1.82, 2.24) is 19.8 Å². The Morgan fingerprint density at radius 2 is 1.98 bits per heavy atom. The molecular formula is C33H34ClF2N7O4S. The van der Waals surface area contributed by atoms with E-state index in [2.05, 4.69) is 9.88 Å². The molecule has 2 atom stereocenters. The van der Waals surface area contributed by atoms with Crippen LogP contribution in [0.4, 0.5) is 24.4 Å². The SMILES string of the molecule is CC(C)OC(=O)N1CC(N2CCOc3c(Cl)c(-c4ccc(F)c5sc(N)c(C#N)c45)c(F)c4nc(O[C@@H](C)[C@@H]5CCCN5C)nc2c34)C1. The third-order valence-corrected chi connectivity index (χ3v) is 10.7. The van der Waals surface area contributed by atoms with Crippen LogP contribution in [0, 0.1) is 23.0 Å². The van der Waals surface area contributed by atoms with E-state index in [1.807, 2.05) is 24.9 Å². The molecule has 7 rings (SSSR count). The Morgan fingerprint density at radius 3 is 2.67 bits per heavy atom. The zero-order valence-electron chi connectivity index (χ0n) is 26.8. The molecule has 1 amide bonds. The van der Waals surface area contributed by atoms with Gasteiger partial charge in [0.2, 0.25) is 0 Å². The average Bonchev–Trinajstić information content (AvgIpc) is 3.54. The highest BCUT2D eigenvalue weighted by molar-refractivity contribution is 7.23. The summed E-state index contributed by atoms with van der Waals surface area (Å²) < 4.78 is 50.2. The number of likely N-dealkylation sites (N-methyl/N-ethyl adjacent to an activating group) is 1. The highest BCUT2D eigenvalue weighted by Crippen LogP contribution is 2.51. The molecule has 0 radical (unpaired) electrons. The zero-order valence-corrected chi connectivity index (χ0v) is 28.4. The van der Waals surface area contributed by atoms with Gasteiger partial charge in [0.05, 0.1) is 39.4 Å². The molecule has 5 heterocycles. The summed E-state index contributed by atoms with van der Waals surface area (Å²) in [5, 5.41) is 10.4. The molecule has 0 spiro atoms. The van der Waals surface area contributed by atoms with E-state index < -0.39 is 17.7 Å². The van der Waals surface area contributed by atoms with Crippen LogP contribution in [-0.4, -0.2) is 90.0 Å². The molecule has 2 fully saturated rings. The Hall–Kier alpha value is -4.19. The Kier molecular flexibility index (Phi) is 8.33. The molecule has 3 aliphatic rings. The predicted octanol–water partition coefficient (Wildman–Crippen LogP) is 6.19. The highest BCUT2D eigenvalue weighted by atomic mass is 35.5. The first-order chi connectivity index (χ1) is 23.0. The Bertz CT molecular complexity index is 2000. The van der Waals surface area contributed by atoms with E-state index in [1.54, 1.807) is 18.7 Å². The lowest BCUT2D eigenvalue weighted by molar-refractivity contribution is 0.0503. The Morgan fingerprint density at radius 1 is 1.21 bits per heavy atom. The number of thiophene rings is 1. The predicted molar refractivity (Wildman–Crippen MR) is 180 cm³/mol. The fourth-order valence-corrected chi connectivity index (χ4v) is 8.22. The number of aromatic nitrogens is 2. The second-order valence-corrected chi connectivity index (χ2v) is 14.1. The van der Waals surface area contributed by atoms with Gasteiger partial charge in [-0.15, -0.1) is 11.3 Å². The minimum absolute atomic E-state index is 0.0209. The van der Waals surface area contributed by atoms with Gasteiger partial charge in [-0.1, -0.05) is 17.7 Å². The number of nitrogens with two attached hydrogens (primary N) is 1. The highest BCUT2D eigenvalue weighted by Gasteiger charge is 2.40. The number of amides is 1. The smallest absolute Gasteiger partial charge is 0.410 e. The number of benzene rings is 2. The van der Waals surface area contributed by atoms with Gasteiger partial charge < -0.3 is 29.7 Å². The van der Waals surface area contributed by atoms with Gasteiger partial charge in [-0.3, -0.25) is 4.90 Å². The summed E-state index contributed by atoms with van der Waals surface area (Å²) in [5.74, 6) is -0.872. The number of hydrogen-bond acceptors (Lipinski definition) is 11. The van der Waals surface area contributed by atoms with Crippen molar-refractivity contribution >= 4 is 60.8 Å². The van der Waals surface area contributed by atoms with Crippen LogP contribution in [0.3, 0.4) is 0 Å². The molecule has 15 heteroatoms. The zero-order chi connectivity index (χ0) is 34.0. The second-order valence-electron chi connectivity index (χ2n) is 12.7. The fraction of sp³-hybridized carbons (Fsp3) is 0.455. The number of anilines is 2. The van der Waals surface area contributed by atoms with Gasteiger partial charge in [0, 0.05) is 30.1 Å². The van der Waals surface area contributed by atoms with Crippen molar-refractivity contribution in [3.8, 4) is 29.0 Å². The fourth-order valence-electron chi connectivity index (χ4n) is 6.94. The first-order valence-corrected chi connectivity index (χ1v) is 17.0. The van der Waals surface area contributed by atoms with Crippen molar-refractivity contribution in [2.45, 2.75) is 57.9 Å². The molecule has 3 aliphatic heterocycles. The number of ether oxygens (including phenoxy) is 3. The van der Waals surface area contributed by atoms with E-state index >= 15 is 4.39 Å². The topological polar surface area (TPSA) is 130 Å². The normalized spacial score (nSPS) is 18.9. The van der Waals surface area contributed by atoms with Crippen LogP contribution in [0.1, 0.15) is 39.2 Å². The van der Waals surface area contributed by atoms with Crippen molar-refractivity contribution < 1.29 is 27.8 Å². The monoisotopic (exact) mass is 697 g/mol. The lowest BCUT2D eigenvalue weighted by Crippen LogP contribution is -2.62. The number of nitriles is 1. The molecule has 4 aromatic rings. The molecule has 2 aromatic carbocycles. The minimum atomic E-state index is -0.805. The molecule has 2 saturated heterocycles.